The number of carbonyl (C=O) groups excluding carboxylic acids is 2. The van der Waals surface area contributed by atoms with Crippen molar-refractivity contribution in [2.45, 2.75) is 38.4 Å². The molecule has 2 rings (SSSR count). The monoisotopic (exact) mass is 448 g/mol. The Kier molecular flexibility index (Phi) is 10.8. The minimum Gasteiger partial charge on any atom is -0.469 e. The molecule has 0 saturated heterocycles. The fraction of sp³-hybridized carbons (Fsp3) is 0.500. The first kappa shape index (κ1) is 25.2. The maximum Gasteiger partial charge on any atom is 0.305 e. The molecule has 31 heavy (non-hydrogen) atoms. The van der Waals surface area contributed by atoms with Crippen LogP contribution in [-0.4, -0.2) is 52.9 Å². The molecule has 1 aromatic rings. The molecule has 1 aliphatic carbocycles. The van der Waals surface area contributed by atoms with Crippen LogP contribution in [0.2, 0.25) is 0 Å². The number of esters is 1. The van der Waals surface area contributed by atoms with Gasteiger partial charge in [-0.1, -0.05) is 42.5 Å². The lowest BCUT2D eigenvalue weighted by atomic mass is 9.91. The number of hydrogen-bond acceptors (Lipinski definition) is 6. The van der Waals surface area contributed by atoms with Crippen LogP contribution in [-0.2, 0) is 42.9 Å². The van der Waals surface area contributed by atoms with E-state index in [2.05, 4.69) is 4.74 Å². The van der Waals surface area contributed by atoms with Crippen LogP contribution < -0.4 is 0 Å². The Morgan fingerprint density at radius 1 is 1.26 bits per heavy atom. The Bertz CT molecular complexity index is 816. The van der Waals surface area contributed by atoms with Gasteiger partial charge >= 0.3 is 5.97 Å². The zero-order valence-electron chi connectivity index (χ0n) is 18.2. The summed E-state index contributed by atoms with van der Waals surface area (Å²) < 4.78 is 21.9. The summed E-state index contributed by atoms with van der Waals surface area (Å²) in [7, 11) is 1.90. The van der Waals surface area contributed by atoms with Gasteiger partial charge in [-0.25, -0.2) is 0 Å². The molecule has 1 unspecified atom stereocenters. The van der Waals surface area contributed by atoms with E-state index < -0.39 is 16.9 Å². The highest BCUT2D eigenvalue weighted by Gasteiger charge is 2.28. The number of methoxy groups -OCH3 is 2. The molecule has 0 spiro atoms. The summed E-state index contributed by atoms with van der Waals surface area (Å²) in [5.74, 6) is 0.208. The van der Waals surface area contributed by atoms with E-state index in [9.17, 15) is 18.9 Å². The second-order valence-electron chi connectivity index (χ2n) is 7.67. The van der Waals surface area contributed by atoms with E-state index in [1.165, 1.54) is 7.11 Å². The lowest BCUT2D eigenvalue weighted by Crippen LogP contribution is -2.19. The normalized spacial score (nSPS) is 20.3. The van der Waals surface area contributed by atoms with Crippen molar-refractivity contribution >= 4 is 22.6 Å². The zero-order valence-corrected chi connectivity index (χ0v) is 19.0. The molecule has 0 radical (unpaired) electrons. The Hall–Kier alpha value is -2.09. The predicted octanol–water partition coefficient (Wildman–Crippen LogP) is 2.76. The van der Waals surface area contributed by atoms with Crippen LogP contribution in [0.5, 0.6) is 0 Å². The standard InChI is InChI=1S/C24H32O6S/c1-29-17-19-6-3-5-18(15-19)16-21(25)10-8-20-9-11-23(26)22(20)12-14-31(28)13-4-7-24(27)30-2/h3,5-6,8-11,15,20-22,25H,4,7,12-14,16-17H2,1-2H3/b10-8+/t20-,21+,22+,31?/m0/s1. The zero-order chi connectivity index (χ0) is 22.6. The second-order valence-corrected chi connectivity index (χ2v) is 9.37. The topological polar surface area (TPSA) is 89.9 Å². The molecule has 7 heteroatoms. The SMILES string of the molecule is COCc1cccc(C[C@H](O)/C=C/[C@H]2C=CC(=O)[C@@H]2CCS(=O)CCCC(=O)OC)c1. The van der Waals surface area contributed by atoms with Gasteiger partial charge in [0.05, 0.1) is 19.8 Å². The molecule has 170 valence electrons. The number of allylic oxidation sites excluding steroid dienone is 3. The van der Waals surface area contributed by atoms with E-state index in [1.807, 2.05) is 36.4 Å². The lowest BCUT2D eigenvalue weighted by molar-refractivity contribution is -0.140. The smallest absolute Gasteiger partial charge is 0.305 e. The van der Waals surface area contributed by atoms with Gasteiger partial charge in [-0.3, -0.25) is 13.8 Å². The van der Waals surface area contributed by atoms with Crippen molar-refractivity contribution in [1.29, 1.82) is 0 Å². The first-order valence-corrected chi connectivity index (χ1v) is 12.0. The maximum atomic E-state index is 12.2. The molecule has 0 bridgehead atoms. The number of aliphatic hydroxyl groups is 1. The summed E-state index contributed by atoms with van der Waals surface area (Å²) in [5.41, 5.74) is 2.07. The fourth-order valence-electron chi connectivity index (χ4n) is 3.61. The van der Waals surface area contributed by atoms with Crippen LogP contribution in [0, 0.1) is 11.8 Å². The molecule has 0 heterocycles. The van der Waals surface area contributed by atoms with Crippen LogP contribution in [0.1, 0.15) is 30.4 Å². The minimum absolute atomic E-state index is 0.0305. The van der Waals surface area contributed by atoms with E-state index in [0.29, 0.717) is 37.4 Å². The maximum absolute atomic E-state index is 12.2. The van der Waals surface area contributed by atoms with Gasteiger partial charge in [-0.05, 0) is 30.0 Å². The lowest BCUT2D eigenvalue weighted by Gasteiger charge is -2.15. The van der Waals surface area contributed by atoms with Crippen molar-refractivity contribution in [3.8, 4) is 0 Å². The summed E-state index contributed by atoms with van der Waals surface area (Å²) in [4.78, 5) is 23.3. The van der Waals surface area contributed by atoms with Gasteiger partial charge in [0.15, 0.2) is 5.78 Å². The summed E-state index contributed by atoms with van der Waals surface area (Å²) >= 11 is 0. The molecular formula is C24H32O6S. The van der Waals surface area contributed by atoms with E-state index in [-0.39, 0.29) is 30.0 Å². The molecular weight excluding hydrogens is 416 g/mol. The van der Waals surface area contributed by atoms with Crippen LogP contribution in [0.15, 0.2) is 48.6 Å². The predicted molar refractivity (Wildman–Crippen MR) is 121 cm³/mol. The average Bonchev–Trinajstić information content (AvgIpc) is 3.10. The van der Waals surface area contributed by atoms with Crippen LogP contribution in [0.3, 0.4) is 0 Å². The largest absolute Gasteiger partial charge is 0.469 e. The number of benzene rings is 1. The van der Waals surface area contributed by atoms with Gasteiger partial charge in [0.1, 0.15) is 0 Å². The van der Waals surface area contributed by atoms with Gasteiger partial charge in [0, 0.05) is 54.1 Å². The van der Waals surface area contributed by atoms with Crippen molar-refractivity contribution in [3.05, 3.63) is 59.7 Å². The van der Waals surface area contributed by atoms with Gasteiger partial charge in [0.2, 0.25) is 0 Å². The van der Waals surface area contributed by atoms with Crippen molar-refractivity contribution in [2.24, 2.45) is 11.8 Å². The molecule has 0 aromatic heterocycles. The summed E-state index contributed by atoms with van der Waals surface area (Å²) in [6.07, 6.45) is 8.12. The van der Waals surface area contributed by atoms with Gasteiger partial charge in [-0.2, -0.15) is 0 Å². The molecule has 0 saturated carbocycles. The first-order chi connectivity index (χ1) is 14.9. The molecule has 1 aliphatic rings. The molecule has 4 atom stereocenters. The first-order valence-electron chi connectivity index (χ1n) is 10.5. The van der Waals surface area contributed by atoms with E-state index in [1.54, 1.807) is 19.3 Å². The van der Waals surface area contributed by atoms with Crippen LogP contribution in [0.4, 0.5) is 0 Å². The van der Waals surface area contributed by atoms with Crippen LogP contribution >= 0.6 is 0 Å². The fourth-order valence-corrected chi connectivity index (χ4v) is 4.79. The second kappa shape index (κ2) is 13.3. The van der Waals surface area contributed by atoms with Crippen molar-refractivity contribution in [3.63, 3.8) is 0 Å². The molecule has 1 N–H and O–H groups in total. The highest BCUT2D eigenvalue weighted by molar-refractivity contribution is 7.84. The van der Waals surface area contributed by atoms with Crippen molar-refractivity contribution < 1.29 is 28.4 Å². The number of aliphatic hydroxyl groups excluding tert-OH is 1. The van der Waals surface area contributed by atoms with Gasteiger partial charge < -0.3 is 14.6 Å². The number of hydrogen-bond donors (Lipinski definition) is 1. The molecule has 0 aliphatic heterocycles. The summed E-state index contributed by atoms with van der Waals surface area (Å²) in [5, 5.41) is 10.4. The third-order valence-electron chi connectivity index (χ3n) is 5.25. The number of ether oxygens (including phenoxy) is 2. The highest BCUT2D eigenvalue weighted by Crippen LogP contribution is 2.27. The number of carbonyl (C=O) groups is 2. The summed E-state index contributed by atoms with van der Waals surface area (Å²) in [6, 6.07) is 7.90. The van der Waals surface area contributed by atoms with Crippen molar-refractivity contribution in [2.75, 3.05) is 25.7 Å². The Labute approximate surface area is 186 Å². The quantitative estimate of drug-likeness (QED) is 0.369. The Balaban J connectivity index is 1.82. The van der Waals surface area contributed by atoms with E-state index >= 15 is 0 Å². The highest BCUT2D eigenvalue weighted by atomic mass is 32.2. The van der Waals surface area contributed by atoms with E-state index in [0.717, 1.165) is 11.1 Å². The molecule has 1 aromatic carbocycles. The summed E-state index contributed by atoms with van der Waals surface area (Å²) in [6.45, 7) is 0.528. The van der Waals surface area contributed by atoms with Gasteiger partial charge in [-0.15, -0.1) is 0 Å². The molecule has 0 fully saturated rings. The molecule has 6 nitrogen and oxygen atoms in total. The Morgan fingerprint density at radius 2 is 2.03 bits per heavy atom. The number of rotatable bonds is 13. The van der Waals surface area contributed by atoms with E-state index in [4.69, 9.17) is 4.74 Å². The Morgan fingerprint density at radius 3 is 2.77 bits per heavy atom. The third kappa shape index (κ3) is 8.89. The van der Waals surface area contributed by atoms with Crippen molar-refractivity contribution in [1.82, 2.24) is 0 Å². The minimum atomic E-state index is -1.08. The van der Waals surface area contributed by atoms with Gasteiger partial charge in [0.25, 0.3) is 0 Å². The number of ketones is 1. The van der Waals surface area contributed by atoms with Crippen LogP contribution in [0.25, 0.3) is 0 Å². The molecule has 0 amide bonds. The average molecular weight is 449 g/mol. The third-order valence-corrected chi connectivity index (χ3v) is 6.69.